The molecule has 0 fully saturated rings. The lowest BCUT2D eigenvalue weighted by molar-refractivity contribution is 0.100. The number of amides is 1. The maximum Gasteiger partial charge on any atom is 0.264 e. The van der Waals surface area contributed by atoms with Gasteiger partial charge in [0.15, 0.2) is 5.11 Å². The standard InChI is InChI=1S/C20H18N2O3S/c1-24-17-11-9-15(10-12-17)19(23)22(16-6-3-2-4-7-16)20(26)21-14-18-8-5-13-25-18/h2-13H,14H2,1H3,(H,21,26). The van der Waals surface area contributed by atoms with Gasteiger partial charge >= 0.3 is 0 Å². The van der Waals surface area contributed by atoms with Crippen LogP contribution in [0.1, 0.15) is 16.1 Å². The molecule has 132 valence electrons. The van der Waals surface area contributed by atoms with Crippen molar-refractivity contribution in [2.45, 2.75) is 6.54 Å². The van der Waals surface area contributed by atoms with Gasteiger partial charge in [-0.1, -0.05) is 18.2 Å². The fraction of sp³-hybridized carbons (Fsp3) is 0.100. The number of benzene rings is 2. The van der Waals surface area contributed by atoms with Gasteiger partial charge in [0, 0.05) is 5.56 Å². The number of furan rings is 1. The molecule has 1 aromatic heterocycles. The van der Waals surface area contributed by atoms with E-state index in [1.54, 1.807) is 43.7 Å². The first-order chi connectivity index (χ1) is 12.7. The zero-order valence-corrected chi connectivity index (χ0v) is 15.0. The molecular formula is C20H18N2O3S. The lowest BCUT2D eigenvalue weighted by Gasteiger charge is -2.24. The fourth-order valence-corrected chi connectivity index (χ4v) is 2.68. The van der Waals surface area contributed by atoms with Gasteiger partial charge in [0.05, 0.1) is 25.6 Å². The largest absolute Gasteiger partial charge is 0.497 e. The van der Waals surface area contributed by atoms with Crippen LogP contribution in [0.2, 0.25) is 0 Å². The summed E-state index contributed by atoms with van der Waals surface area (Å²) >= 11 is 5.48. The molecule has 0 aliphatic carbocycles. The van der Waals surface area contributed by atoms with Gasteiger partial charge in [-0.25, -0.2) is 0 Å². The first-order valence-electron chi connectivity index (χ1n) is 8.03. The van der Waals surface area contributed by atoms with Crippen LogP contribution in [0, 0.1) is 0 Å². The van der Waals surface area contributed by atoms with E-state index in [9.17, 15) is 4.79 Å². The summed E-state index contributed by atoms with van der Waals surface area (Å²) in [5, 5.41) is 3.37. The van der Waals surface area contributed by atoms with Crippen molar-refractivity contribution in [3.8, 4) is 5.75 Å². The highest BCUT2D eigenvalue weighted by Crippen LogP contribution is 2.19. The maximum absolute atomic E-state index is 13.1. The van der Waals surface area contributed by atoms with Crippen LogP contribution in [0.15, 0.2) is 77.4 Å². The van der Waals surface area contributed by atoms with Crippen molar-refractivity contribution in [1.29, 1.82) is 0 Å². The average molecular weight is 366 g/mol. The Labute approximate surface area is 157 Å². The number of anilines is 1. The number of carbonyl (C=O) groups excluding carboxylic acids is 1. The van der Waals surface area contributed by atoms with Gasteiger partial charge < -0.3 is 14.5 Å². The van der Waals surface area contributed by atoms with Gasteiger partial charge in [-0.15, -0.1) is 0 Å². The van der Waals surface area contributed by atoms with E-state index in [1.165, 1.54) is 4.90 Å². The molecule has 6 heteroatoms. The summed E-state index contributed by atoms with van der Waals surface area (Å²) in [6.07, 6.45) is 1.59. The van der Waals surface area contributed by atoms with Crippen LogP contribution >= 0.6 is 12.2 Å². The van der Waals surface area contributed by atoms with E-state index in [1.807, 2.05) is 36.4 Å². The van der Waals surface area contributed by atoms with Crippen LogP contribution in [0.25, 0.3) is 0 Å². The Balaban J connectivity index is 1.84. The molecule has 5 nitrogen and oxygen atoms in total. The predicted octanol–water partition coefficient (Wildman–Crippen LogP) is 4.01. The van der Waals surface area contributed by atoms with Crippen molar-refractivity contribution in [2.24, 2.45) is 0 Å². The normalized spacial score (nSPS) is 10.2. The minimum Gasteiger partial charge on any atom is -0.497 e. The molecule has 0 saturated carbocycles. The number of carbonyl (C=O) groups is 1. The van der Waals surface area contributed by atoms with Gasteiger partial charge in [-0.05, 0) is 60.7 Å². The molecule has 1 N–H and O–H groups in total. The summed E-state index contributed by atoms with van der Waals surface area (Å²) in [5.41, 5.74) is 1.20. The lowest BCUT2D eigenvalue weighted by atomic mass is 10.1. The average Bonchev–Trinajstić information content (AvgIpc) is 3.21. The van der Waals surface area contributed by atoms with Crippen LogP contribution < -0.4 is 15.0 Å². The first-order valence-corrected chi connectivity index (χ1v) is 8.43. The number of thiocarbonyl (C=S) groups is 1. The second-order valence-corrected chi connectivity index (χ2v) is 5.83. The van der Waals surface area contributed by atoms with E-state index in [0.717, 1.165) is 5.76 Å². The maximum atomic E-state index is 13.1. The topological polar surface area (TPSA) is 54.7 Å². The number of para-hydroxylation sites is 1. The Bertz CT molecular complexity index is 862. The summed E-state index contributed by atoms with van der Waals surface area (Å²) in [5.74, 6) is 1.19. The van der Waals surface area contributed by atoms with E-state index in [4.69, 9.17) is 21.4 Å². The van der Waals surface area contributed by atoms with Crippen molar-refractivity contribution < 1.29 is 13.9 Å². The SMILES string of the molecule is COc1ccc(C(=O)N(C(=S)NCc2ccco2)c2ccccc2)cc1. The van der Waals surface area contributed by atoms with Crippen molar-refractivity contribution in [3.05, 3.63) is 84.3 Å². The monoisotopic (exact) mass is 366 g/mol. The zero-order chi connectivity index (χ0) is 18.4. The molecule has 1 amide bonds. The molecule has 0 radical (unpaired) electrons. The van der Waals surface area contributed by atoms with Crippen molar-refractivity contribution >= 4 is 28.9 Å². The molecule has 0 saturated heterocycles. The molecular weight excluding hydrogens is 348 g/mol. The second kappa shape index (κ2) is 8.31. The molecule has 1 heterocycles. The van der Waals surface area contributed by atoms with E-state index in [-0.39, 0.29) is 5.91 Å². The molecule has 0 aliphatic rings. The van der Waals surface area contributed by atoms with Crippen LogP contribution in [-0.4, -0.2) is 18.1 Å². The summed E-state index contributed by atoms with van der Waals surface area (Å²) in [7, 11) is 1.58. The Morgan fingerprint density at radius 1 is 1.08 bits per heavy atom. The quantitative estimate of drug-likeness (QED) is 0.692. The highest BCUT2D eigenvalue weighted by atomic mass is 32.1. The third-order valence-electron chi connectivity index (χ3n) is 3.75. The number of nitrogens with one attached hydrogen (secondary N) is 1. The molecule has 0 aliphatic heterocycles. The highest BCUT2D eigenvalue weighted by molar-refractivity contribution is 7.80. The number of ether oxygens (including phenoxy) is 1. The summed E-state index contributed by atoms with van der Waals surface area (Å²) in [4.78, 5) is 14.6. The summed E-state index contributed by atoms with van der Waals surface area (Å²) < 4.78 is 10.4. The predicted molar refractivity (Wildman–Crippen MR) is 104 cm³/mol. The van der Waals surface area contributed by atoms with E-state index in [2.05, 4.69) is 5.32 Å². The van der Waals surface area contributed by atoms with E-state index in [0.29, 0.717) is 28.7 Å². The molecule has 0 spiro atoms. The molecule has 0 bridgehead atoms. The molecule has 2 aromatic carbocycles. The minimum atomic E-state index is -0.226. The van der Waals surface area contributed by atoms with Crippen LogP contribution in [0.3, 0.4) is 0 Å². The number of hydrogen-bond donors (Lipinski definition) is 1. The molecule has 3 aromatic rings. The second-order valence-electron chi connectivity index (χ2n) is 5.44. The molecule has 26 heavy (non-hydrogen) atoms. The minimum absolute atomic E-state index is 0.226. The number of methoxy groups -OCH3 is 1. The summed E-state index contributed by atoms with van der Waals surface area (Å²) in [6, 6.07) is 19.8. The third kappa shape index (κ3) is 4.10. The molecule has 0 atom stereocenters. The summed E-state index contributed by atoms with van der Waals surface area (Å²) in [6.45, 7) is 0.394. The van der Waals surface area contributed by atoms with Crippen LogP contribution in [0.4, 0.5) is 5.69 Å². The van der Waals surface area contributed by atoms with Gasteiger partial charge in [0.2, 0.25) is 0 Å². The zero-order valence-electron chi connectivity index (χ0n) is 14.2. The van der Waals surface area contributed by atoms with Gasteiger partial charge in [-0.3, -0.25) is 9.69 Å². The van der Waals surface area contributed by atoms with E-state index >= 15 is 0 Å². The highest BCUT2D eigenvalue weighted by Gasteiger charge is 2.22. The Morgan fingerprint density at radius 3 is 2.42 bits per heavy atom. The van der Waals surface area contributed by atoms with E-state index < -0.39 is 0 Å². The number of nitrogens with zero attached hydrogens (tertiary/aromatic N) is 1. The van der Waals surface area contributed by atoms with Gasteiger partial charge in [0.1, 0.15) is 11.5 Å². The van der Waals surface area contributed by atoms with Gasteiger partial charge in [0.25, 0.3) is 5.91 Å². The lowest BCUT2D eigenvalue weighted by Crippen LogP contribution is -2.43. The Kier molecular flexibility index (Phi) is 5.66. The van der Waals surface area contributed by atoms with Crippen molar-refractivity contribution in [2.75, 3.05) is 12.0 Å². The van der Waals surface area contributed by atoms with Crippen molar-refractivity contribution in [3.63, 3.8) is 0 Å². The van der Waals surface area contributed by atoms with Crippen LogP contribution in [0.5, 0.6) is 5.75 Å². The Morgan fingerprint density at radius 2 is 1.81 bits per heavy atom. The molecule has 3 rings (SSSR count). The van der Waals surface area contributed by atoms with Gasteiger partial charge in [-0.2, -0.15) is 0 Å². The first kappa shape index (κ1) is 17.7. The molecule has 0 unspecified atom stereocenters. The third-order valence-corrected chi connectivity index (χ3v) is 4.08. The smallest absolute Gasteiger partial charge is 0.264 e. The number of rotatable bonds is 5. The van der Waals surface area contributed by atoms with Crippen LogP contribution in [-0.2, 0) is 6.54 Å². The Hall–Kier alpha value is -3.12. The van der Waals surface area contributed by atoms with Crippen molar-refractivity contribution in [1.82, 2.24) is 5.32 Å². The fourth-order valence-electron chi connectivity index (χ4n) is 2.42. The number of hydrogen-bond acceptors (Lipinski definition) is 4.